The molecule has 0 amide bonds. The number of carbonyl (C=O) groups is 1. The minimum absolute atomic E-state index is 0.269. The number of ether oxygens (including phenoxy) is 2. The third-order valence-electron chi connectivity index (χ3n) is 5.08. The standard InChI is InChI=1S/C25H24O3/c1-18-7-13-23-22(15-18)12-14-24(28-23)25(26)27-17-21-10-8-20(9-11-21)16-19-5-3-2-4-6-19/h2-11,13,15,24H,12,14,16-17H2,1H3. The molecule has 3 heteroatoms. The molecule has 142 valence electrons. The fourth-order valence-electron chi connectivity index (χ4n) is 3.52. The van der Waals surface area contributed by atoms with E-state index < -0.39 is 6.10 Å². The molecule has 0 N–H and O–H groups in total. The van der Waals surface area contributed by atoms with E-state index in [1.165, 1.54) is 16.7 Å². The number of hydrogen-bond donors (Lipinski definition) is 0. The van der Waals surface area contributed by atoms with Crippen molar-refractivity contribution in [1.82, 2.24) is 0 Å². The Kier molecular flexibility index (Phi) is 5.43. The highest BCUT2D eigenvalue weighted by atomic mass is 16.6. The van der Waals surface area contributed by atoms with Gasteiger partial charge in [0.15, 0.2) is 6.10 Å². The van der Waals surface area contributed by atoms with Crippen molar-refractivity contribution in [2.24, 2.45) is 0 Å². The second kappa shape index (κ2) is 8.30. The minimum Gasteiger partial charge on any atom is -0.478 e. The van der Waals surface area contributed by atoms with Gasteiger partial charge in [-0.1, -0.05) is 72.3 Å². The Morgan fingerprint density at radius 1 is 0.964 bits per heavy atom. The summed E-state index contributed by atoms with van der Waals surface area (Å²) in [5.41, 5.74) is 5.88. The molecule has 4 rings (SSSR count). The van der Waals surface area contributed by atoms with Crippen molar-refractivity contribution in [3.63, 3.8) is 0 Å². The quantitative estimate of drug-likeness (QED) is 0.590. The van der Waals surface area contributed by atoms with Crippen molar-refractivity contribution < 1.29 is 14.3 Å². The Bertz CT molecular complexity index is 945. The monoisotopic (exact) mass is 372 g/mol. The summed E-state index contributed by atoms with van der Waals surface area (Å²) in [4.78, 5) is 12.4. The lowest BCUT2D eigenvalue weighted by Gasteiger charge is -2.25. The molecule has 0 aromatic heterocycles. The van der Waals surface area contributed by atoms with E-state index in [0.717, 1.165) is 29.7 Å². The van der Waals surface area contributed by atoms with Crippen molar-refractivity contribution in [3.8, 4) is 5.75 Å². The van der Waals surface area contributed by atoms with Gasteiger partial charge in [0.25, 0.3) is 0 Å². The lowest BCUT2D eigenvalue weighted by molar-refractivity contribution is -0.154. The maximum absolute atomic E-state index is 12.4. The van der Waals surface area contributed by atoms with Gasteiger partial charge in [-0.05, 0) is 54.5 Å². The van der Waals surface area contributed by atoms with Crippen LogP contribution in [0.2, 0.25) is 0 Å². The SMILES string of the molecule is Cc1ccc2c(c1)CCC(C(=O)OCc1ccc(Cc3ccccc3)cc1)O2. The zero-order valence-corrected chi connectivity index (χ0v) is 16.1. The highest BCUT2D eigenvalue weighted by Gasteiger charge is 2.27. The van der Waals surface area contributed by atoms with Crippen LogP contribution in [0.1, 0.15) is 34.2 Å². The molecular formula is C25H24O3. The highest BCUT2D eigenvalue weighted by molar-refractivity contribution is 5.75. The smallest absolute Gasteiger partial charge is 0.347 e. The predicted molar refractivity (Wildman–Crippen MR) is 109 cm³/mol. The lowest BCUT2D eigenvalue weighted by Crippen LogP contribution is -2.32. The average molecular weight is 372 g/mol. The van der Waals surface area contributed by atoms with Gasteiger partial charge in [-0.2, -0.15) is 0 Å². The van der Waals surface area contributed by atoms with Crippen molar-refractivity contribution in [2.45, 2.75) is 38.9 Å². The van der Waals surface area contributed by atoms with Crippen LogP contribution in [-0.2, 0) is 29.0 Å². The molecule has 0 saturated heterocycles. The summed E-state index contributed by atoms with van der Waals surface area (Å²) < 4.78 is 11.3. The lowest BCUT2D eigenvalue weighted by atomic mass is 10.0. The fourth-order valence-corrected chi connectivity index (χ4v) is 3.52. The molecule has 3 nitrogen and oxygen atoms in total. The van der Waals surface area contributed by atoms with Crippen molar-refractivity contribution in [2.75, 3.05) is 0 Å². The predicted octanol–water partition coefficient (Wildman–Crippen LogP) is 5.02. The molecule has 3 aromatic rings. The van der Waals surface area contributed by atoms with E-state index in [-0.39, 0.29) is 12.6 Å². The topological polar surface area (TPSA) is 35.5 Å². The van der Waals surface area contributed by atoms with Crippen molar-refractivity contribution in [1.29, 1.82) is 0 Å². The fraction of sp³-hybridized carbons (Fsp3) is 0.240. The van der Waals surface area contributed by atoms with E-state index in [1.807, 2.05) is 30.3 Å². The molecule has 0 spiro atoms. The Morgan fingerprint density at radius 3 is 2.46 bits per heavy atom. The average Bonchev–Trinajstić information content (AvgIpc) is 2.73. The molecule has 3 aromatic carbocycles. The van der Waals surface area contributed by atoms with Crippen molar-refractivity contribution in [3.05, 3.63) is 101 Å². The van der Waals surface area contributed by atoms with Crippen LogP contribution in [-0.4, -0.2) is 12.1 Å². The molecule has 1 aliphatic rings. The molecular weight excluding hydrogens is 348 g/mol. The maximum atomic E-state index is 12.4. The van der Waals surface area contributed by atoms with E-state index in [2.05, 4.69) is 49.4 Å². The van der Waals surface area contributed by atoms with Crippen LogP contribution in [0.15, 0.2) is 72.8 Å². The highest BCUT2D eigenvalue weighted by Crippen LogP contribution is 2.29. The van der Waals surface area contributed by atoms with Gasteiger partial charge in [-0.15, -0.1) is 0 Å². The normalized spacial score (nSPS) is 15.4. The van der Waals surface area contributed by atoms with E-state index in [1.54, 1.807) is 0 Å². The number of fused-ring (bicyclic) bond motifs is 1. The first-order valence-electron chi connectivity index (χ1n) is 9.72. The van der Waals surface area contributed by atoms with Crippen molar-refractivity contribution >= 4 is 5.97 Å². The van der Waals surface area contributed by atoms with Gasteiger partial charge in [0.1, 0.15) is 12.4 Å². The Morgan fingerprint density at radius 2 is 1.68 bits per heavy atom. The summed E-state index contributed by atoms with van der Waals surface area (Å²) in [6.07, 6.45) is 1.87. The molecule has 0 aliphatic carbocycles. The number of aryl methyl sites for hydroxylation is 2. The molecule has 0 bridgehead atoms. The van der Waals surface area contributed by atoms with E-state index in [0.29, 0.717) is 6.42 Å². The first-order chi connectivity index (χ1) is 13.7. The summed E-state index contributed by atoms with van der Waals surface area (Å²) in [7, 11) is 0. The Labute approximate surface area is 165 Å². The van der Waals surface area contributed by atoms with Crippen LogP contribution in [0.4, 0.5) is 0 Å². The zero-order chi connectivity index (χ0) is 19.3. The van der Waals surface area contributed by atoms with Gasteiger partial charge in [-0.3, -0.25) is 0 Å². The molecule has 1 atom stereocenters. The summed E-state index contributed by atoms with van der Waals surface area (Å²) in [5, 5.41) is 0. The van der Waals surface area contributed by atoms with Crippen LogP contribution in [0.25, 0.3) is 0 Å². The van der Waals surface area contributed by atoms with E-state index in [9.17, 15) is 4.79 Å². The van der Waals surface area contributed by atoms with Gasteiger partial charge < -0.3 is 9.47 Å². The van der Waals surface area contributed by atoms with Gasteiger partial charge in [-0.25, -0.2) is 4.79 Å². The first-order valence-corrected chi connectivity index (χ1v) is 9.72. The molecule has 0 radical (unpaired) electrons. The van der Waals surface area contributed by atoms with Crippen LogP contribution in [0.5, 0.6) is 5.75 Å². The zero-order valence-electron chi connectivity index (χ0n) is 16.1. The van der Waals surface area contributed by atoms with Crippen LogP contribution >= 0.6 is 0 Å². The molecule has 0 fully saturated rings. The second-order valence-corrected chi connectivity index (χ2v) is 7.34. The van der Waals surface area contributed by atoms with Gasteiger partial charge in [0.05, 0.1) is 0 Å². The Hall–Kier alpha value is -3.07. The largest absolute Gasteiger partial charge is 0.478 e. The number of rotatable bonds is 5. The first kappa shape index (κ1) is 18.3. The third-order valence-corrected chi connectivity index (χ3v) is 5.08. The molecule has 1 aliphatic heterocycles. The summed E-state index contributed by atoms with van der Waals surface area (Å²) >= 11 is 0. The summed E-state index contributed by atoms with van der Waals surface area (Å²) in [6, 6.07) is 24.7. The number of carbonyl (C=O) groups excluding carboxylic acids is 1. The summed E-state index contributed by atoms with van der Waals surface area (Å²) in [5.74, 6) is 0.503. The molecule has 0 saturated carbocycles. The van der Waals surface area contributed by atoms with Crippen LogP contribution < -0.4 is 4.74 Å². The Balaban J connectivity index is 1.30. The van der Waals surface area contributed by atoms with E-state index >= 15 is 0 Å². The number of benzene rings is 3. The molecule has 28 heavy (non-hydrogen) atoms. The number of hydrogen-bond acceptors (Lipinski definition) is 3. The minimum atomic E-state index is -0.521. The second-order valence-electron chi connectivity index (χ2n) is 7.34. The van der Waals surface area contributed by atoms with Crippen LogP contribution in [0.3, 0.4) is 0 Å². The molecule has 1 unspecified atom stereocenters. The van der Waals surface area contributed by atoms with Crippen LogP contribution in [0, 0.1) is 6.92 Å². The maximum Gasteiger partial charge on any atom is 0.347 e. The van der Waals surface area contributed by atoms with Gasteiger partial charge in [0.2, 0.25) is 0 Å². The third kappa shape index (κ3) is 4.42. The summed E-state index contributed by atoms with van der Waals surface area (Å²) in [6.45, 7) is 2.33. The van der Waals surface area contributed by atoms with Gasteiger partial charge >= 0.3 is 5.97 Å². The number of esters is 1. The molecule has 1 heterocycles. The van der Waals surface area contributed by atoms with E-state index in [4.69, 9.17) is 9.47 Å². The van der Waals surface area contributed by atoms with Gasteiger partial charge in [0, 0.05) is 0 Å².